The first-order chi connectivity index (χ1) is 10.6. The number of amides is 1. The van der Waals surface area contributed by atoms with Crippen LogP contribution in [-0.2, 0) is 0 Å². The van der Waals surface area contributed by atoms with Gasteiger partial charge in [-0.2, -0.15) is 5.10 Å². The van der Waals surface area contributed by atoms with Crippen LogP contribution in [0.2, 0.25) is 0 Å². The first kappa shape index (κ1) is 14.8. The van der Waals surface area contributed by atoms with E-state index in [1.165, 1.54) is 19.3 Å². The lowest BCUT2D eigenvalue weighted by Gasteiger charge is -2.29. The average Bonchev–Trinajstić information content (AvgIpc) is 2.96. The molecule has 116 valence electrons. The van der Waals surface area contributed by atoms with E-state index in [0.29, 0.717) is 17.5 Å². The number of aromatic nitrogens is 2. The van der Waals surface area contributed by atoms with E-state index in [4.69, 9.17) is 0 Å². The topological polar surface area (TPSA) is 46.9 Å². The Labute approximate surface area is 131 Å². The molecular weight excluding hydrogens is 274 g/mol. The van der Waals surface area contributed by atoms with Gasteiger partial charge in [-0.15, -0.1) is 0 Å². The minimum Gasteiger partial charge on any atom is -0.349 e. The average molecular weight is 297 g/mol. The quantitative estimate of drug-likeness (QED) is 0.942. The molecule has 0 unspecified atom stereocenters. The van der Waals surface area contributed by atoms with Crippen molar-refractivity contribution in [1.82, 2.24) is 15.1 Å². The van der Waals surface area contributed by atoms with Crippen molar-refractivity contribution in [2.75, 3.05) is 0 Å². The molecule has 0 spiro atoms. The number of benzene rings is 1. The van der Waals surface area contributed by atoms with E-state index in [9.17, 15) is 4.79 Å². The van der Waals surface area contributed by atoms with Gasteiger partial charge in [0.2, 0.25) is 0 Å². The third-order valence-corrected chi connectivity index (χ3v) is 4.63. The Bertz CT molecular complexity index is 645. The smallest absolute Gasteiger partial charge is 0.251 e. The standard InChI is InChI=1S/C18H23N3O/c1-13-5-3-4-6-17(13)20-18(22)15-7-9-16(10-8-15)21-14(2)11-12-19-21/h7-13,17H,3-6H2,1-2H3,(H,20,22)/t13-,17+/m0/s1. The fourth-order valence-electron chi connectivity index (χ4n) is 3.18. The Kier molecular flexibility index (Phi) is 4.27. The summed E-state index contributed by atoms with van der Waals surface area (Å²) in [5.41, 5.74) is 2.77. The van der Waals surface area contributed by atoms with Crippen molar-refractivity contribution in [3.8, 4) is 5.69 Å². The second-order valence-electron chi connectivity index (χ2n) is 6.27. The van der Waals surface area contributed by atoms with Crippen LogP contribution in [0.5, 0.6) is 0 Å². The van der Waals surface area contributed by atoms with Gasteiger partial charge in [0.05, 0.1) is 5.69 Å². The summed E-state index contributed by atoms with van der Waals surface area (Å²) in [5.74, 6) is 0.603. The van der Waals surface area contributed by atoms with Crippen LogP contribution in [0.15, 0.2) is 36.5 Å². The van der Waals surface area contributed by atoms with E-state index < -0.39 is 0 Å². The van der Waals surface area contributed by atoms with E-state index in [2.05, 4.69) is 17.3 Å². The normalized spacial score (nSPS) is 21.5. The van der Waals surface area contributed by atoms with Crippen LogP contribution in [0.25, 0.3) is 5.69 Å². The highest BCUT2D eigenvalue weighted by Crippen LogP contribution is 2.24. The van der Waals surface area contributed by atoms with Crippen molar-refractivity contribution in [1.29, 1.82) is 0 Å². The van der Waals surface area contributed by atoms with Crippen LogP contribution in [-0.4, -0.2) is 21.7 Å². The van der Waals surface area contributed by atoms with Crippen LogP contribution in [0.4, 0.5) is 0 Å². The highest BCUT2D eigenvalue weighted by Gasteiger charge is 2.23. The molecule has 4 heteroatoms. The van der Waals surface area contributed by atoms with E-state index in [0.717, 1.165) is 17.8 Å². The Morgan fingerprint density at radius 1 is 1.18 bits per heavy atom. The third kappa shape index (κ3) is 3.06. The Hall–Kier alpha value is -2.10. The van der Waals surface area contributed by atoms with Gasteiger partial charge in [0.25, 0.3) is 5.91 Å². The largest absolute Gasteiger partial charge is 0.349 e. The molecule has 0 saturated heterocycles. The molecule has 0 radical (unpaired) electrons. The predicted molar refractivity (Wildman–Crippen MR) is 87.2 cm³/mol. The van der Waals surface area contributed by atoms with Gasteiger partial charge in [0.15, 0.2) is 0 Å². The van der Waals surface area contributed by atoms with Crippen molar-refractivity contribution in [2.24, 2.45) is 5.92 Å². The zero-order chi connectivity index (χ0) is 15.5. The number of carbonyl (C=O) groups is 1. The number of hydrogen-bond donors (Lipinski definition) is 1. The molecular formula is C18H23N3O. The Morgan fingerprint density at radius 2 is 1.91 bits per heavy atom. The summed E-state index contributed by atoms with van der Waals surface area (Å²) in [4.78, 5) is 12.4. The minimum atomic E-state index is 0.0301. The fourth-order valence-corrected chi connectivity index (χ4v) is 3.18. The molecule has 3 rings (SSSR count). The maximum atomic E-state index is 12.4. The molecule has 1 aromatic carbocycles. The molecule has 0 aliphatic heterocycles. The Balaban J connectivity index is 1.70. The summed E-state index contributed by atoms with van der Waals surface area (Å²) in [6, 6.07) is 9.91. The van der Waals surface area contributed by atoms with Crippen molar-refractivity contribution in [2.45, 2.75) is 45.6 Å². The van der Waals surface area contributed by atoms with Crippen LogP contribution >= 0.6 is 0 Å². The van der Waals surface area contributed by atoms with Crippen molar-refractivity contribution in [3.05, 3.63) is 47.8 Å². The second kappa shape index (κ2) is 6.34. The number of aryl methyl sites for hydroxylation is 1. The molecule has 1 N–H and O–H groups in total. The second-order valence-corrected chi connectivity index (χ2v) is 6.27. The molecule has 22 heavy (non-hydrogen) atoms. The lowest BCUT2D eigenvalue weighted by molar-refractivity contribution is 0.0910. The number of hydrogen-bond acceptors (Lipinski definition) is 2. The van der Waals surface area contributed by atoms with Gasteiger partial charge in [-0.1, -0.05) is 19.8 Å². The molecule has 1 aliphatic rings. The molecule has 1 amide bonds. The lowest BCUT2D eigenvalue weighted by atomic mass is 9.86. The van der Waals surface area contributed by atoms with Crippen LogP contribution < -0.4 is 5.32 Å². The van der Waals surface area contributed by atoms with E-state index >= 15 is 0 Å². The molecule has 4 nitrogen and oxygen atoms in total. The van der Waals surface area contributed by atoms with Crippen molar-refractivity contribution >= 4 is 5.91 Å². The highest BCUT2D eigenvalue weighted by molar-refractivity contribution is 5.94. The SMILES string of the molecule is Cc1ccnn1-c1ccc(C(=O)N[C@@H]2CCCC[C@@H]2C)cc1. The summed E-state index contributed by atoms with van der Waals surface area (Å²) in [7, 11) is 0. The van der Waals surface area contributed by atoms with Gasteiger partial charge in [-0.05, 0) is 56.0 Å². The first-order valence-electron chi connectivity index (χ1n) is 8.07. The van der Waals surface area contributed by atoms with E-state index in [-0.39, 0.29) is 5.91 Å². The lowest BCUT2D eigenvalue weighted by Crippen LogP contribution is -2.41. The van der Waals surface area contributed by atoms with Crippen LogP contribution in [0.1, 0.15) is 48.7 Å². The van der Waals surface area contributed by atoms with Crippen molar-refractivity contribution < 1.29 is 4.79 Å². The monoisotopic (exact) mass is 297 g/mol. The summed E-state index contributed by atoms with van der Waals surface area (Å²) in [6.45, 7) is 4.24. The zero-order valence-electron chi connectivity index (χ0n) is 13.2. The van der Waals surface area contributed by atoms with Crippen LogP contribution in [0.3, 0.4) is 0 Å². The number of nitrogens with one attached hydrogen (secondary N) is 1. The molecule has 1 aromatic heterocycles. The highest BCUT2D eigenvalue weighted by atomic mass is 16.1. The number of rotatable bonds is 3. The summed E-state index contributed by atoms with van der Waals surface area (Å²) >= 11 is 0. The summed E-state index contributed by atoms with van der Waals surface area (Å²) in [5, 5.41) is 7.47. The molecule has 2 aromatic rings. The maximum Gasteiger partial charge on any atom is 0.251 e. The Morgan fingerprint density at radius 3 is 2.55 bits per heavy atom. The third-order valence-electron chi connectivity index (χ3n) is 4.63. The van der Waals surface area contributed by atoms with Gasteiger partial charge in [0.1, 0.15) is 0 Å². The van der Waals surface area contributed by atoms with Crippen LogP contribution in [0, 0.1) is 12.8 Å². The van der Waals surface area contributed by atoms with Gasteiger partial charge < -0.3 is 5.32 Å². The van der Waals surface area contributed by atoms with Crippen molar-refractivity contribution in [3.63, 3.8) is 0 Å². The fraction of sp³-hybridized carbons (Fsp3) is 0.444. The molecule has 1 fully saturated rings. The van der Waals surface area contributed by atoms with Gasteiger partial charge in [-0.25, -0.2) is 4.68 Å². The molecule has 1 aliphatic carbocycles. The van der Waals surface area contributed by atoms with E-state index in [1.807, 2.05) is 41.9 Å². The maximum absolute atomic E-state index is 12.4. The molecule has 1 saturated carbocycles. The zero-order valence-corrected chi connectivity index (χ0v) is 13.2. The predicted octanol–water partition coefficient (Wildman–Crippen LogP) is 3.49. The minimum absolute atomic E-state index is 0.0301. The van der Waals surface area contributed by atoms with Gasteiger partial charge >= 0.3 is 0 Å². The molecule has 0 bridgehead atoms. The van der Waals surface area contributed by atoms with Gasteiger partial charge in [0, 0.05) is 23.5 Å². The molecule has 2 atom stereocenters. The number of carbonyl (C=O) groups excluding carboxylic acids is 1. The molecule has 1 heterocycles. The van der Waals surface area contributed by atoms with E-state index in [1.54, 1.807) is 6.20 Å². The summed E-state index contributed by atoms with van der Waals surface area (Å²) in [6.07, 6.45) is 6.58. The number of nitrogens with zero attached hydrogens (tertiary/aromatic N) is 2. The first-order valence-corrected chi connectivity index (χ1v) is 8.07. The van der Waals surface area contributed by atoms with Gasteiger partial charge in [-0.3, -0.25) is 4.79 Å². The summed E-state index contributed by atoms with van der Waals surface area (Å²) < 4.78 is 1.87.